The molecular formula is C17H19N3O4. The van der Waals surface area contributed by atoms with E-state index in [1.807, 2.05) is 6.07 Å². The number of rotatable bonds is 5. The molecule has 0 aliphatic heterocycles. The lowest BCUT2D eigenvalue weighted by atomic mass is 10.1. The molecule has 2 rings (SSSR count). The molecule has 1 unspecified atom stereocenters. The Bertz CT molecular complexity index is 717. The number of anilines is 3. The minimum absolute atomic E-state index is 0.381. The fourth-order valence-electron chi connectivity index (χ4n) is 1.83. The van der Waals surface area contributed by atoms with Crippen molar-refractivity contribution >= 4 is 29.0 Å². The summed E-state index contributed by atoms with van der Waals surface area (Å²) in [5.41, 5.74) is -0.386. The Morgan fingerprint density at radius 3 is 2.08 bits per heavy atom. The number of benzene rings is 2. The van der Waals surface area contributed by atoms with Crippen LogP contribution in [0, 0.1) is 0 Å². The molecule has 0 radical (unpaired) electrons. The lowest BCUT2D eigenvalue weighted by molar-refractivity contribution is -0.135. The van der Waals surface area contributed by atoms with Crippen LogP contribution in [0.1, 0.15) is 6.92 Å². The molecule has 0 bridgehead atoms. The SMILES string of the molecule is CC(O)(CO)C(=O)Nc1cccc(NC(=O)Nc2ccccc2)c1. The van der Waals surface area contributed by atoms with Gasteiger partial charge in [0.2, 0.25) is 0 Å². The van der Waals surface area contributed by atoms with Crippen LogP contribution in [0.5, 0.6) is 0 Å². The van der Waals surface area contributed by atoms with Gasteiger partial charge in [0, 0.05) is 17.1 Å². The number of nitrogens with one attached hydrogen (secondary N) is 3. The van der Waals surface area contributed by atoms with Gasteiger partial charge in [-0.15, -0.1) is 0 Å². The molecule has 0 fully saturated rings. The fraction of sp³-hybridized carbons (Fsp3) is 0.176. The van der Waals surface area contributed by atoms with Crippen molar-refractivity contribution in [3.05, 3.63) is 54.6 Å². The van der Waals surface area contributed by atoms with Gasteiger partial charge in [-0.25, -0.2) is 4.79 Å². The summed E-state index contributed by atoms with van der Waals surface area (Å²) < 4.78 is 0. The van der Waals surface area contributed by atoms with Gasteiger partial charge in [0.15, 0.2) is 5.60 Å². The number of aliphatic hydroxyl groups is 2. The van der Waals surface area contributed by atoms with Crippen LogP contribution in [0.2, 0.25) is 0 Å². The third-order valence-corrected chi connectivity index (χ3v) is 3.21. The number of carbonyl (C=O) groups is 2. The van der Waals surface area contributed by atoms with E-state index in [9.17, 15) is 14.7 Å². The first-order valence-electron chi connectivity index (χ1n) is 7.28. The minimum atomic E-state index is -1.88. The zero-order chi connectivity index (χ0) is 17.6. The Balaban J connectivity index is 2.00. The van der Waals surface area contributed by atoms with E-state index in [0.29, 0.717) is 17.1 Å². The molecule has 24 heavy (non-hydrogen) atoms. The van der Waals surface area contributed by atoms with Crippen LogP contribution in [-0.2, 0) is 4.79 Å². The first kappa shape index (κ1) is 17.5. The van der Waals surface area contributed by atoms with Crippen LogP contribution in [0.4, 0.5) is 21.9 Å². The smallest absolute Gasteiger partial charge is 0.323 e. The summed E-state index contributed by atoms with van der Waals surface area (Å²) in [5.74, 6) is -0.740. The predicted molar refractivity (Wildman–Crippen MR) is 91.9 cm³/mol. The Kier molecular flexibility index (Phi) is 5.51. The molecule has 2 aromatic rings. The molecular weight excluding hydrogens is 310 g/mol. The van der Waals surface area contributed by atoms with E-state index >= 15 is 0 Å². The van der Waals surface area contributed by atoms with E-state index < -0.39 is 24.1 Å². The molecule has 0 aromatic heterocycles. The molecule has 0 saturated carbocycles. The summed E-state index contributed by atoms with van der Waals surface area (Å²) in [7, 11) is 0. The first-order chi connectivity index (χ1) is 11.4. The third-order valence-electron chi connectivity index (χ3n) is 3.21. The van der Waals surface area contributed by atoms with Crippen molar-refractivity contribution in [2.45, 2.75) is 12.5 Å². The van der Waals surface area contributed by atoms with E-state index in [1.54, 1.807) is 42.5 Å². The average molecular weight is 329 g/mol. The number of carbonyl (C=O) groups excluding carboxylic acids is 2. The molecule has 1 atom stereocenters. The number of hydrogen-bond donors (Lipinski definition) is 5. The van der Waals surface area contributed by atoms with Crippen molar-refractivity contribution in [2.24, 2.45) is 0 Å². The molecule has 0 aliphatic rings. The highest BCUT2D eigenvalue weighted by atomic mass is 16.3. The van der Waals surface area contributed by atoms with E-state index in [-0.39, 0.29) is 0 Å². The van der Waals surface area contributed by atoms with Crippen molar-refractivity contribution in [3.63, 3.8) is 0 Å². The van der Waals surface area contributed by atoms with Crippen LogP contribution in [0.3, 0.4) is 0 Å². The van der Waals surface area contributed by atoms with Gasteiger partial charge >= 0.3 is 6.03 Å². The van der Waals surface area contributed by atoms with E-state index in [4.69, 9.17) is 5.11 Å². The lowest BCUT2D eigenvalue weighted by Gasteiger charge is -2.19. The number of aliphatic hydroxyl groups excluding tert-OH is 1. The van der Waals surface area contributed by atoms with Gasteiger partial charge in [0.1, 0.15) is 0 Å². The summed E-state index contributed by atoms with van der Waals surface area (Å²) in [5, 5.41) is 26.5. The molecule has 3 amide bonds. The number of amides is 3. The molecule has 5 N–H and O–H groups in total. The normalized spacial score (nSPS) is 12.8. The zero-order valence-corrected chi connectivity index (χ0v) is 13.1. The average Bonchev–Trinajstić information content (AvgIpc) is 2.56. The highest BCUT2D eigenvalue weighted by Gasteiger charge is 2.29. The second kappa shape index (κ2) is 7.58. The second-order valence-electron chi connectivity index (χ2n) is 5.41. The van der Waals surface area contributed by atoms with Crippen LogP contribution in [-0.4, -0.2) is 34.4 Å². The third kappa shape index (κ3) is 4.80. The van der Waals surface area contributed by atoms with Crippen LogP contribution < -0.4 is 16.0 Å². The van der Waals surface area contributed by atoms with Gasteiger partial charge in [0.05, 0.1) is 6.61 Å². The summed E-state index contributed by atoms with van der Waals surface area (Å²) in [6, 6.07) is 15.0. The van der Waals surface area contributed by atoms with Gasteiger partial charge in [-0.2, -0.15) is 0 Å². The van der Waals surface area contributed by atoms with Crippen molar-refractivity contribution < 1.29 is 19.8 Å². The van der Waals surface area contributed by atoms with Gasteiger partial charge in [-0.05, 0) is 37.3 Å². The highest BCUT2D eigenvalue weighted by molar-refractivity contribution is 6.01. The lowest BCUT2D eigenvalue weighted by Crippen LogP contribution is -2.43. The largest absolute Gasteiger partial charge is 0.393 e. The molecule has 7 heteroatoms. The molecule has 0 saturated heterocycles. The minimum Gasteiger partial charge on any atom is -0.393 e. The van der Waals surface area contributed by atoms with Crippen molar-refractivity contribution in [1.82, 2.24) is 0 Å². The maximum absolute atomic E-state index is 11.9. The predicted octanol–water partition coefficient (Wildman–Crippen LogP) is 2.01. The van der Waals surface area contributed by atoms with E-state index in [2.05, 4.69) is 16.0 Å². The van der Waals surface area contributed by atoms with Crippen molar-refractivity contribution in [1.29, 1.82) is 0 Å². The molecule has 0 aliphatic carbocycles. The summed E-state index contributed by atoms with van der Waals surface area (Å²) in [6.07, 6.45) is 0. The Labute approximate surface area is 139 Å². The second-order valence-corrected chi connectivity index (χ2v) is 5.41. The first-order valence-corrected chi connectivity index (χ1v) is 7.28. The van der Waals surface area contributed by atoms with Gasteiger partial charge in [-0.1, -0.05) is 24.3 Å². The van der Waals surface area contributed by atoms with Gasteiger partial charge < -0.3 is 26.2 Å². The molecule has 0 heterocycles. The van der Waals surface area contributed by atoms with Gasteiger partial charge in [-0.3, -0.25) is 4.79 Å². The molecule has 2 aromatic carbocycles. The van der Waals surface area contributed by atoms with Crippen LogP contribution in [0.15, 0.2) is 54.6 Å². The standard InChI is InChI=1S/C17H19N3O4/c1-17(24,11-21)15(22)18-13-8-5-9-14(10-13)20-16(23)19-12-6-3-2-4-7-12/h2-10,21,24H,11H2,1H3,(H,18,22)(H2,19,20,23). The summed E-state index contributed by atoms with van der Waals surface area (Å²) in [4.78, 5) is 23.8. The maximum Gasteiger partial charge on any atom is 0.323 e. The fourth-order valence-corrected chi connectivity index (χ4v) is 1.83. The number of hydrogen-bond acceptors (Lipinski definition) is 4. The number of urea groups is 1. The summed E-state index contributed by atoms with van der Waals surface area (Å²) >= 11 is 0. The monoisotopic (exact) mass is 329 g/mol. The maximum atomic E-state index is 11.9. The Hall–Kier alpha value is -2.90. The van der Waals surface area contributed by atoms with Crippen LogP contribution in [0.25, 0.3) is 0 Å². The van der Waals surface area contributed by atoms with E-state index in [1.165, 1.54) is 13.0 Å². The molecule has 126 valence electrons. The Morgan fingerprint density at radius 2 is 1.46 bits per heavy atom. The zero-order valence-electron chi connectivity index (χ0n) is 13.1. The molecule has 7 nitrogen and oxygen atoms in total. The van der Waals surface area contributed by atoms with Crippen LogP contribution >= 0.6 is 0 Å². The quantitative estimate of drug-likeness (QED) is 0.578. The topological polar surface area (TPSA) is 111 Å². The van der Waals surface area contributed by atoms with Crippen molar-refractivity contribution in [3.8, 4) is 0 Å². The number of para-hydroxylation sites is 1. The van der Waals surface area contributed by atoms with E-state index in [0.717, 1.165) is 0 Å². The Morgan fingerprint density at radius 1 is 0.917 bits per heavy atom. The highest BCUT2D eigenvalue weighted by Crippen LogP contribution is 2.17. The summed E-state index contributed by atoms with van der Waals surface area (Å²) in [6.45, 7) is 0.508. The van der Waals surface area contributed by atoms with Gasteiger partial charge in [0.25, 0.3) is 5.91 Å². The van der Waals surface area contributed by atoms with Crippen molar-refractivity contribution in [2.75, 3.05) is 22.6 Å². The molecule has 0 spiro atoms.